The van der Waals surface area contributed by atoms with Crippen LogP contribution in [0.3, 0.4) is 0 Å². The molecule has 1 fully saturated rings. The van der Waals surface area contributed by atoms with E-state index in [1.54, 1.807) is 6.26 Å². The molecule has 1 unspecified atom stereocenters. The molecule has 1 aromatic heterocycles. The molecule has 1 aliphatic heterocycles. The molecule has 5 nitrogen and oxygen atoms in total. The van der Waals surface area contributed by atoms with Crippen molar-refractivity contribution >= 4 is 5.96 Å². The molecule has 1 aliphatic rings. The fourth-order valence-corrected chi connectivity index (χ4v) is 3.09. The monoisotopic (exact) mass is 346 g/mol. The molecule has 0 bridgehead atoms. The third kappa shape index (κ3) is 7.78. The van der Waals surface area contributed by atoms with Crippen LogP contribution in [0.1, 0.15) is 45.3 Å². The molecule has 25 heavy (non-hydrogen) atoms. The molecule has 2 rings (SSSR count). The lowest BCUT2D eigenvalue weighted by atomic mass is 10.1. The van der Waals surface area contributed by atoms with Crippen molar-refractivity contribution in [2.45, 2.75) is 52.0 Å². The summed E-state index contributed by atoms with van der Waals surface area (Å²) in [5.74, 6) is 1.85. The average molecular weight is 347 g/mol. The van der Waals surface area contributed by atoms with Crippen LogP contribution in [0.5, 0.6) is 0 Å². The van der Waals surface area contributed by atoms with Gasteiger partial charge in [0.05, 0.1) is 12.8 Å². The van der Waals surface area contributed by atoms with Crippen LogP contribution >= 0.6 is 0 Å². The van der Waals surface area contributed by atoms with Gasteiger partial charge < -0.3 is 20.0 Å². The summed E-state index contributed by atoms with van der Waals surface area (Å²) in [6, 6.07) is 4.55. The first-order valence-corrected chi connectivity index (χ1v) is 9.58. The van der Waals surface area contributed by atoms with Gasteiger partial charge in [-0.2, -0.15) is 0 Å². The summed E-state index contributed by atoms with van der Waals surface area (Å²) in [4.78, 5) is 7.21. The van der Waals surface area contributed by atoms with Crippen molar-refractivity contribution in [3.8, 4) is 0 Å². The summed E-state index contributed by atoms with van der Waals surface area (Å²) in [6.45, 7) is 13.2. The van der Waals surface area contributed by atoms with E-state index in [0.717, 1.165) is 43.2 Å². The van der Waals surface area contributed by atoms with E-state index in [-0.39, 0.29) is 0 Å². The summed E-state index contributed by atoms with van der Waals surface area (Å²) in [5.41, 5.74) is 1.06. The highest BCUT2D eigenvalue weighted by atomic mass is 16.3. The Labute approximate surface area is 152 Å². The number of nitrogens with one attached hydrogen (secondary N) is 2. The molecule has 0 aromatic carbocycles. The van der Waals surface area contributed by atoms with Crippen LogP contribution in [0.4, 0.5) is 0 Å². The van der Waals surface area contributed by atoms with Crippen LogP contribution in [-0.4, -0.2) is 49.6 Å². The van der Waals surface area contributed by atoms with Crippen molar-refractivity contribution < 1.29 is 4.42 Å². The summed E-state index contributed by atoms with van der Waals surface area (Å²) >= 11 is 0. The fourth-order valence-electron chi connectivity index (χ4n) is 3.09. The second-order valence-electron chi connectivity index (χ2n) is 7.04. The van der Waals surface area contributed by atoms with E-state index >= 15 is 0 Å². The minimum atomic E-state index is 0.623. The highest BCUT2D eigenvalue weighted by Crippen LogP contribution is 2.13. The van der Waals surface area contributed by atoms with Gasteiger partial charge in [0.2, 0.25) is 0 Å². The van der Waals surface area contributed by atoms with E-state index in [1.165, 1.54) is 32.4 Å². The summed E-state index contributed by atoms with van der Waals surface area (Å²) in [5, 5.41) is 6.86. The van der Waals surface area contributed by atoms with Crippen LogP contribution < -0.4 is 10.6 Å². The minimum absolute atomic E-state index is 0.623. The van der Waals surface area contributed by atoms with Gasteiger partial charge in [0.15, 0.2) is 5.96 Å². The zero-order valence-corrected chi connectivity index (χ0v) is 15.9. The maximum absolute atomic E-state index is 5.37. The van der Waals surface area contributed by atoms with Crippen molar-refractivity contribution in [1.82, 2.24) is 15.5 Å². The molecular formula is C20H34N4O. The average Bonchev–Trinajstić information content (AvgIpc) is 3.13. The van der Waals surface area contributed by atoms with E-state index in [9.17, 15) is 0 Å². The van der Waals surface area contributed by atoms with E-state index in [4.69, 9.17) is 4.42 Å². The minimum Gasteiger partial charge on any atom is -0.469 e. The van der Waals surface area contributed by atoms with Gasteiger partial charge in [0.1, 0.15) is 5.76 Å². The number of nitrogens with zero attached hydrogens (tertiary/aromatic N) is 2. The normalized spacial score (nSPS) is 17.3. The number of likely N-dealkylation sites (tertiary alicyclic amines) is 1. The molecular weight excluding hydrogens is 312 g/mol. The third-order valence-corrected chi connectivity index (χ3v) is 4.62. The van der Waals surface area contributed by atoms with Crippen molar-refractivity contribution in [2.75, 3.05) is 32.7 Å². The van der Waals surface area contributed by atoms with Crippen LogP contribution in [0.15, 0.2) is 40.0 Å². The molecule has 0 amide bonds. The molecule has 0 radical (unpaired) electrons. The molecule has 2 heterocycles. The lowest BCUT2D eigenvalue weighted by Crippen LogP contribution is -2.42. The Morgan fingerprint density at radius 2 is 2.04 bits per heavy atom. The van der Waals surface area contributed by atoms with Gasteiger partial charge in [-0.3, -0.25) is 0 Å². The van der Waals surface area contributed by atoms with E-state index < -0.39 is 0 Å². The number of furan rings is 1. The number of rotatable bonds is 9. The number of piperidine rings is 1. The lowest BCUT2D eigenvalue weighted by molar-refractivity contribution is 0.167. The Bertz CT molecular complexity index is 518. The van der Waals surface area contributed by atoms with E-state index in [2.05, 4.69) is 34.0 Å². The first kappa shape index (κ1) is 19.6. The highest BCUT2D eigenvalue weighted by Gasteiger charge is 2.16. The topological polar surface area (TPSA) is 52.8 Å². The van der Waals surface area contributed by atoms with Crippen LogP contribution in [-0.2, 0) is 6.42 Å². The SMILES string of the molecule is C=C(C)CN=C(NCCc1ccco1)NCCC(C)N1CCCCC1. The lowest BCUT2D eigenvalue weighted by Gasteiger charge is -2.32. The zero-order valence-electron chi connectivity index (χ0n) is 15.9. The third-order valence-electron chi connectivity index (χ3n) is 4.62. The first-order valence-electron chi connectivity index (χ1n) is 9.58. The molecule has 0 saturated carbocycles. The molecule has 140 valence electrons. The predicted octanol–water partition coefficient (Wildman–Crippen LogP) is 3.20. The summed E-state index contributed by atoms with van der Waals surface area (Å²) < 4.78 is 5.37. The molecule has 1 saturated heterocycles. The Morgan fingerprint density at radius 1 is 1.28 bits per heavy atom. The Kier molecular flexibility index (Phi) is 8.60. The van der Waals surface area contributed by atoms with Crippen LogP contribution in [0, 0.1) is 0 Å². The summed E-state index contributed by atoms with van der Waals surface area (Å²) in [6.07, 6.45) is 7.77. The van der Waals surface area contributed by atoms with Gasteiger partial charge in [-0.05, 0) is 58.3 Å². The highest BCUT2D eigenvalue weighted by molar-refractivity contribution is 5.79. The Balaban J connectivity index is 1.72. The van der Waals surface area contributed by atoms with Crippen molar-refractivity contribution in [3.63, 3.8) is 0 Å². The van der Waals surface area contributed by atoms with Gasteiger partial charge in [-0.15, -0.1) is 0 Å². The van der Waals surface area contributed by atoms with Crippen molar-refractivity contribution in [3.05, 3.63) is 36.3 Å². The molecule has 0 spiro atoms. The maximum atomic E-state index is 5.37. The van der Waals surface area contributed by atoms with E-state index in [1.807, 2.05) is 19.1 Å². The fraction of sp³-hybridized carbons (Fsp3) is 0.650. The Hall–Kier alpha value is -1.75. The van der Waals surface area contributed by atoms with Gasteiger partial charge >= 0.3 is 0 Å². The van der Waals surface area contributed by atoms with Crippen LogP contribution in [0.2, 0.25) is 0 Å². The number of guanidine groups is 1. The quantitative estimate of drug-likeness (QED) is 0.410. The Morgan fingerprint density at radius 3 is 2.72 bits per heavy atom. The molecule has 1 atom stereocenters. The summed E-state index contributed by atoms with van der Waals surface area (Å²) in [7, 11) is 0. The van der Waals surface area contributed by atoms with E-state index in [0.29, 0.717) is 12.6 Å². The predicted molar refractivity (Wildman–Crippen MR) is 105 cm³/mol. The number of aliphatic imine (C=N–C) groups is 1. The van der Waals surface area contributed by atoms with Crippen LogP contribution in [0.25, 0.3) is 0 Å². The molecule has 2 N–H and O–H groups in total. The van der Waals surface area contributed by atoms with Gasteiger partial charge in [-0.1, -0.05) is 18.6 Å². The standard InChI is InChI=1S/C20H34N4O/c1-17(2)16-23-20(22-12-10-19-8-7-15-25-19)21-11-9-18(3)24-13-5-4-6-14-24/h7-8,15,18H,1,4-6,9-14,16H2,2-3H3,(H2,21,22,23). The van der Waals surface area contributed by atoms with Gasteiger partial charge in [0.25, 0.3) is 0 Å². The zero-order chi connectivity index (χ0) is 17.9. The van der Waals surface area contributed by atoms with Crippen molar-refractivity contribution in [1.29, 1.82) is 0 Å². The van der Waals surface area contributed by atoms with Gasteiger partial charge in [0, 0.05) is 25.6 Å². The second kappa shape index (κ2) is 11.0. The smallest absolute Gasteiger partial charge is 0.191 e. The molecule has 0 aliphatic carbocycles. The van der Waals surface area contributed by atoms with Crippen molar-refractivity contribution in [2.24, 2.45) is 4.99 Å². The molecule has 1 aromatic rings. The number of hydrogen-bond donors (Lipinski definition) is 2. The molecule has 5 heteroatoms. The first-order chi connectivity index (χ1) is 12.1. The second-order valence-corrected chi connectivity index (χ2v) is 7.04. The largest absolute Gasteiger partial charge is 0.469 e. The van der Waals surface area contributed by atoms with Gasteiger partial charge in [-0.25, -0.2) is 4.99 Å². The number of hydrogen-bond acceptors (Lipinski definition) is 3. The maximum Gasteiger partial charge on any atom is 0.191 e.